The van der Waals surface area contributed by atoms with Gasteiger partial charge in [0.05, 0.1) is 11.8 Å². The largest absolute Gasteiger partial charge is 0.481 e. The Labute approximate surface area is 94.7 Å². The van der Waals surface area contributed by atoms with Gasteiger partial charge in [0.15, 0.2) is 5.15 Å². The number of aromatic nitrogens is 2. The number of carboxylic acids is 1. The van der Waals surface area contributed by atoms with Gasteiger partial charge in [-0.1, -0.05) is 23.7 Å². The van der Waals surface area contributed by atoms with E-state index in [0.29, 0.717) is 16.3 Å². The third kappa shape index (κ3) is 1.90. The lowest BCUT2D eigenvalue weighted by molar-refractivity contribution is -0.136. The highest BCUT2D eigenvalue weighted by Gasteiger charge is 2.07. The Morgan fingerprint density at radius 3 is 2.88 bits per heavy atom. The molecular weight excluding hydrogens is 232 g/mol. The maximum absolute atomic E-state index is 11.4. The minimum atomic E-state index is -0.948. The molecule has 5 nitrogen and oxygen atoms in total. The smallest absolute Gasteiger partial charge is 0.307 e. The Morgan fingerprint density at radius 1 is 1.44 bits per heavy atom. The normalized spacial score (nSPS) is 10.6. The van der Waals surface area contributed by atoms with Crippen molar-refractivity contribution in [2.24, 2.45) is 0 Å². The molecule has 1 aromatic carbocycles. The minimum absolute atomic E-state index is 0.130. The van der Waals surface area contributed by atoms with Crippen molar-refractivity contribution in [1.29, 1.82) is 0 Å². The highest BCUT2D eigenvalue weighted by atomic mass is 35.5. The van der Waals surface area contributed by atoms with E-state index in [4.69, 9.17) is 16.7 Å². The molecule has 2 rings (SSSR count). The third-order valence-corrected chi connectivity index (χ3v) is 2.45. The second-order valence-electron chi connectivity index (χ2n) is 3.29. The number of carboxylic acid groups (broad SMARTS) is 1. The van der Waals surface area contributed by atoms with Crippen LogP contribution in [0.1, 0.15) is 5.56 Å². The van der Waals surface area contributed by atoms with Crippen LogP contribution in [0.2, 0.25) is 5.15 Å². The molecule has 0 aliphatic heterocycles. The van der Waals surface area contributed by atoms with E-state index in [9.17, 15) is 9.59 Å². The molecule has 0 saturated carbocycles. The quantitative estimate of drug-likeness (QED) is 0.824. The monoisotopic (exact) mass is 238 g/mol. The van der Waals surface area contributed by atoms with Gasteiger partial charge in [-0.3, -0.25) is 9.59 Å². The molecule has 0 atom stereocenters. The fourth-order valence-corrected chi connectivity index (χ4v) is 1.67. The summed E-state index contributed by atoms with van der Waals surface area (Å²) in [6.07, 6.45) is -0.130. The number of nitrogens with zero attached hydrogens (tertiary/aromatic N) is 1. The van der Waals surface area contributed by atoms with Gasteiger partial charge in [0, 0.05) is 5.39 Å². The summed E-state index contributed by atoms with van der Waals surface area (Å²) in [6.45, 7) is 0. The van der Waals surface area contributed by atoms with Gasteiger partial charge in [-0.2, -0.15) is 5.10 Å². The predicted octanol–water partition coefficient (Wildman–Crippen LogP) is 1.20. The molecule has 82 valence electrons. The number of aromatic amines is 1. The van der Waals surface area contributed by atoms with E-state index in [-0.39, 0.29) is 17.1 Å². The molecule has 6 heteroatoms. The van der Waals surface area contributed by atoms with Gasteiger partial charge >= 0.3 is 5.97 Å². The maximum Gasteiger partial charge on any atom is 0.307 e. The van der Waals surface area contributed by atoms with Crippen molar-refractivity contribution < 1.29 is 9.90 Å². The average Bonchev–Trinajstić information content (AvgIpc) is 2.23. The Balaban J connectivity index is 2.66. The first-order valence-corrected chi connectivity index (χ1v) is 4.84. The number of rotatable bonds is 2. The van der Waals surface area contributed by atoms with Crippen LogP contribution in [0, 0.1) is 0 Å². The number of hydrogen-bond acceptors (Lipinski definition) is 3. The van der Waals surface area contributed by atoms with E-state index in [1.807, 2.05) is 0 Å². The van der Waals surface area contributed by atoms with Gasteiger partial charge < -0.3 is 5.11 Å². The number of benzene rings is 1. The fourth-order valence-electron chi connectivity index (χ4n) is 1.46. The van der Waals surface area contributed by atoms with Crippen LogP contribution < -0.4 is 5.56 Å². The van der Waals surface area contributed by atoms with Crippen LogP contribution >= 0.6 is 11.6 Å². The molecule has 0 radical (unpaired) electrons. The van der Waals surface area contributed by atoms with Gasteiger partial charge in [0.1, 0.15) is 0 Å². The van der Waals surface area contributed by atoms with Crippen molar-refractivity contribution in [3.8, 4) is 0 Å². The molecule has 2 N–H and O–H groups in total. The number of halogens is 1. The van der Waals surface area contributed by atoms with Crippen molar-refractivity contribution in [1.82, 2.24) is 10.2 Å². The number of nitrogens with one attached hydrogen (secondary N) is 1. The van der Waals surface area contributed by atoms with Crippen molar-refractivity contribution in [3.05, 3.63) is 39.3 Å². The first kappa shape index (κ1) is 10.6. The third-order valence-electron chi connectivity index (χ3n) is 2.16. The van der Waals surface area contributed by atoms with Crippen molar-refractivity contribution >= 4 is 28.3 Å². The zero-order valence-electron chi connectivity index (χ0n) is 8.03. The van der Waals surface area contributed by atoms with E-state index in [1.165, 1.54) is 6.07 Å². The summed E-state index contributed by atoms with van der Waals surface area (Å²) in [5, 5.41) is 15.5. The highest BCUT2D eigenvalue weighted by Crippen LogP contribution is 2.18. The first-order valence-electron chi connectivity index (χ1n) is 4.46. The first-order chi connectivity index (χ1) is 7.58. The lowest BCUT2D eigenvalue weighted by atomic mass is 10.1. The van der Waals surface area contributed by atoms with Gasteiger partial charge in [0.2, 0.25) is 0 Å². The van der Waals surface area contributed by atoms with Crippen LogP contribution in [0.15, 0.2) is 23.0 Å². The molecule has 0 saturated heterocycles. The highest BCUT2D eigenvalue weighted by molar-refractivity contribution is 6.34. The van der Waals surface area contributed by atoms with E-state index in [2.05, 4.69) is 10.2 Å². The number of fused-ring (bicyclic) bond motifs is 1. The molecular formula is C10H7ClN2O3. The number of hydrogen-bond donors (Lipinski definition) is 2. The van der Waals surface area contributed by atoms with Crippen LogP contribution in [0.5, 0.6) is 0 Å². The Bertz CT molecular complexity index is 621. The second-order valence-corrected chi connectivity index (χ2v) is 3.65. The van der Waals surface area contributed by atoms with Crippen LogP contribution in [-0.4, -0.2) is 21.3 Å². The van der Waals surface area contributed by atoms with Gasteiger partial charge in [-0.15, -0.1) is 0 Å². The molecule has 0 unspecified atom stereocenters. The standard InChI is InChI=1S/C10H7ClN2O3/c11-9-6-2-1-5(4-8(14)15)3-7(6)10(16)13-12-9/h1-3H,4H2,(H,13,16)(H,14,15). The zero-order chi connectivity index (χ0) is 11.7. The Morgan fingerprint density at radius 2 is 2.19 bits per heavy atom. The number of aliphatic carboxylic acids is 1. The lowest BCUT2D eigenvalue weighted by Gasteiger charge is -2.01. The Kier molecular flexibility index (Phi) is 2.62. The van der Waals surface area contributed by atoms with Crippen LogP contribution in [0.25, 0.3) is 10.8 Å². The summed E-state index contributed by atoms with van der Waals surface area (Å²) in [6, 6.07) is 4.72. The van der Waals surface area contributed by atoms with Crippen molar-refractivity contribution in [2.45, 2.75) is 6.42 Å². The van der Waals surface area contributed by atoms with Crippen LogP contribution in [0.4, 0.5) is 0 Å². The maximum atomic E-state index is 11.4. The molecule has 0 fully saturated rings. The summed E-state index contributed by atoms with van der Waals surface area (Å²) in [7, 11) is 0. The van der Waals surface area contributed by atoms with Crippen molar-refractivity contribution in [2.75, 3.05) is 0 Å². The number of H-pyrrole nitrogens is 1. The fraction of sp³-hybridized carbons (Fsp3) is 0.100. The summed E-state index contributed by atoms with van der Waals surface area (Å²) in [4.78, 5) is 22.0. The van der Waals surface area contributed by atoms with Gasteiger partial charge in [-0.25, -0.2) is 5.10 Å². The molecule has 0 spiro atoms. The zero-order valence-corrected chi connectivity index (χ0v) is 8.78. The molecule has 16 heavy (non-hydrogen) atoms. The van der Waals surface area contributed by atoms with Crippen LogP contribution in [-0.2, 0) is 11.2 Å². The summed E-state index contributed by atoms with van der Waals surface area (Å²) >= 11 is 5.79. The predicted molar refractivity (Wildman–Crippen MR) is 58.7 cm³/mol. The van der Waals surface area contributed by atoms with Gasteiger partial charge in [0.25, 0.3) is 5.56 Å². The average molecular weight is 239 g/mol. The molecule has 0 aliphatic carbocycles. The number of carbonyl (C=O) groups is 1. The molecule has 0 amide bonds. The van der Waals surface area contributed by atoms with E-state index < -0.39 is 5.97 Å². The summed E-state index contributed by atoms with van der Waals surface area (Å²) in [5.41, 5.74) is 0.166. The molecule has 0 aliphatic rings. The van der Waals surface area contributed by atoms with E-state index >= 15 is 0 Å². The molecule has 0 bridgehead atoms. The summed E-state index contributed by atoms with van der Waals surface area (Å²) in [5.74, 6) is -0.948. The second kappa shape index (κ2) is 3.94. The Hall–Kier alpha value is -1.88. The summed E-state index contributed by atoms with van der Waals surface area (Å²) < 4.78 is 0. The van der Waals surface area contributed by atoms with E-state index in [1.54, 1.807) is 12.1 Å². The lowest BCUT2D eigenvalue weighted by Crippen LogP contribution is -2.09. The van der Waals surface area contributed by atoms with Crippen LogP contribution in [0.3, 0.4) is 0 Å². The molecule has 2 aromatic rings. The van der Waals surface area contributed by atoms with Crippen molar-refractivity contribution in [3.63, 3.8) is 0 Å². The topological polar surface area (TPSA) is 83.0 Å². The SMILES string of the molecule is O=C(O)Cc1ccc2c(Cl)n[nH]c(=O)c2c1. The van der Waals surface area contributed by atoms with Gasteiger partial charge in [-0.05, 0) is 11.6 Å². The molecule has 1 aromatic heterocycles. The minimum Gasteiger partial charge on any atom is -0.481 e. The molecule has 1 heterocycles. The van der Waals surface area contributed by atoms with E-state index in [0.717, 1.165) is 0 Å².